The van der Waals surface area contributed by atoms with Crippen LogP contribution in [0.2, 0.25) is 0 Å². The number of nitrogens with zero attached hydrogens (tertiary/aromatic N) is 3. The van der Waals surface area contributed by atoms with Gasteiger partial charge < -0.3 is 24.4 Å². The lowest BCUT2D eigenvalue weighted by atomic mass is 10.0. The molecule has 9 heteroatoms. The van der Waals surface area contributed by atoms with Crippen molar-refractivity contribution in [3.63, 3.8) is 0 Å². The van der Waals surface area contributed by atoms with Gasteiger partial charge in [0.25, 0.3) is 5.91 Å². The lowest BCUT2D eigenvalue weighted by molar-refractivity contribution is -0.181. The third-order valence-corrected chi connectivity index (χ3v) is 5.07. The van der Waals surface area contributed by atoms with Gasteiger partial charge in [-0.15, -0.1) is 10.2 Å². The summed E-state index contributed by atoms with van der Waals surface area (Å²) in [7, 11) is 1.33. The van der Waals surface area contributed by atoms with Gasteiger partial charge in [-0.3, -0.25) is 4.79 Å². The van der Waals surface area contributed by atoms with Crippen molar-refractivity contribution in [1.29, 1.82) is 0 Å². The normalized spacial score (nSPS) is 17.9. The topological polar surface area (TPSA) is 103 Å². The molecule has 0 saturated carbocycles. The van der Waals surface area contributed by atoms with Gasteiger partial charge in [0, 0.05) is 31.6 Å². The molecule has 0 radical (unpaired) electrons. The third-order valence-electron chi connectivity index (χ3n) is 5.07. The van der Waals surface area contributed by atoms with E-state index >= 15 is 0 Å². The zero-order valence-corrected chi connectivity index (χ0v) is 16.1. The van der Waals surface area contributed by atoms with Crippen LogP contribution in [0.5, 0.6) is 0 Å². The number of likely N-dealkylation sites (tertiary alicyclic amines) is 1. The molecular formula is C20H22N4O5. The van der Waals surface area contributed by atoms with E-state index in [1.165, 1.54) is 7.11 Å². The Hall–Kier alpha value is -3.04. The summed E-state index contributed by atoms with van der Waals surface area (Å²) in [5.74, 6) is -0.634. The van der Waals surface area contributed by atoms with E-state index in [0.717, 1.165) is 0 Å². The Morgan fingerprint density at radius 3 is 2.52 bits per heavy atom. The molecule has 29 heavy (non-hydrogen) atoms. The van der Waals surface area contributed by atoms with E-state index < -0.39 is 11.8 Å². The molecule has 2 fully saturated rings. The second-order valence-corrected chi connectivity index (χ2v) is 6.90. The first kappa shape index (κ1) is 19.3. The molecule has 2 aliphatic heterocycles. The van der Waals surface area contributed by atoms with Gasteiger partial charge in [0.2, 0.25) is 0 Å². The van der Waals surface area contributed by atoms with E-state index in [1.807, 2.05) is 0 Å². The van der Waals surface area contributed by atoms with E-state index in [1.54, 1.807) is 41.3 Å². The first-order valence-corrected chi connectivity index (χ1v) is 9.45. The number of aromatic nitrogens is 2. The van der Waals surface area contributed by atoms with Crippen molar-refractivity contribution in [2.45, 2.75) is 18.6 Å². The highest BCUT2D eigenvalue weighted by Gasteiger charge is 2.41. The minimum absolute atomic E-state index is 0.162. The maximum Gasteiger partial charge on any atom is 0.337 e. The van der Waals surface area contributed by atoms with Crippen molar-refractivity contribution in [3.05, 3.63) is 47.7 Å². The monoisotopic (exact) mass is 398 g/mol. The number of nitrogens with one attached hydrogen (secondary N) is 1. The number of carbonyl (C=O) groups excluding carboxylic acids is 2. The summed E-state index contributed by atoms with van der Waals surface area (Å²) >= 11 is 0. The van der Waals surface area contributed by atoms with Crippen molar-refractivity contribution < 1.29 is 23.8 Å². The Bertz CT molecular complexity index is 886. The molecule has 152 valence electrons. The van der Waals surface area contributed by atoms with Gasteiger partial charge in [-0.2, -0.15) is 0 Å². The summed E-state index contributed by atoms with van der Waals surface area (Å²) in [5, 5.41) is 11.2. The largest absolute Gasteiger partial charge is 0.465 e. The number of ether oxygens (including phenoxy) is 3. The molecule has 0 bridgehead atoms. The summed E-state index contributed by atoms with van der Waals surface area (Å²) in [6.07, 6.45) is 1.31. The molecule has 2 saturated heterocycles. The highest BCUT2D eigenvalue weighted by molar-refractivity contribution is 5.92. The molecule has 9 nitrogen and oxygen atoms in total. The van der Waals surface area contributed by atoms with Crippen molar-refractivity contribution in [3.8, 4) is 0 Å². The van der Waals surface area contributed by atoms with Gasteiger partial charge in [-0.05, 0) is 30.3 Å². The number of benzene rings is 1. The summed E-state index contributed by atoms with van der Waals surface area (Å²) in [4.78, 5) is 26.1. The number of piperidine rings is 1. The molecule has 0 atom stereocenters. The van der Waals surface area contributed by atoms with Crippen LogP contribution in [0.3, 0.4) is 0 Å². The molecule has 1 aromatic heterocycles. The van der Waals surface area contributed by atoms with Gasteiger partial charge in [0.05, 0.1) is 25.9 Å². The molecule has 2 aromatic rings. The van der Waals surface area contributed by atoms with Crippen LogP contribution in [0, 0.1) is 0 Å². The van der Waals surface area contributed by atoms with Gasteiger partial charge in [-0.25, -0.2) is 4.79 Å². The summed E-state index contributed by atoms with van der Waals surface area (Å²) in [5.41, 5.74) is 1.37. The lowest BCUT2D eigenvalue weighted by Crippen LogP contribution is -2.47. The molecule has 1 spiro atoms. The highest BCUT2D eigenvalue weighted by atomic mass is 16.7. The zero-order valence-electron chi connectivity index (χ0n) is 16.1. The second-order valence-electron chi connectivity index (χ2n) is 6.90. The summed E-state index contributed by atoms with van der Waals surface area (Å²) in [6.45, 7) is 2.33. The number of anilines is 2. The number of esters is 1. The van der Waals surface area contributed by atoms with Crippen LogP contribution in [-0.2, 0) is 14.2 Å². The van der Waals surface area contributed by atoms with Crippen molar-refractivity contribution in [2.75, 3.05) is 38.7 Å². The van der Waals surface area contributed by atoms with E-state index in [9.17, 15) is 9.59 Å². The summed E-state index contributed by atoms with van der Waals surface area (Å²) in [6, 6.07) is 10.2. The molecule has 0 aliphatic carbocycles. The van der Waals surface area contributed by atoms with Gasteiger partial charge in [0.15, 0.2) is 17.3 Å². The fraction of sp³-hybridized carbons (Fsp3) is 0.400. The van der Waals surface area contributed by atoms with Crippen LogP contribution in [-0.4, -0.2) is 66.2 Å². The van der Waals surface area contributed by atoms with Gasteiger partial charge in [-0.1, -0.05) is 6.07 Å². The summed E-state index contributed by atoms with van der Waals surface area (Å²) < 4.78 is 16.1. The van der Waals surface area contributed by atoms with E-state index in [4.69, 9.17) is 14.2 Å². The predicted octanol–water partition coefficient (Wildman–Crippen LogP) is 1.99. The van der Waals surface area contributed by atoms with Crippen LogP contribution in [0.15, 0.2) is 36.4 Å². The fourth-order valence-electron chi connectivity index (χ4n) is 3.50. The Kier molecular flexibility index (Phi) is 5.41. The number of carbonyl (C=O) groups is 2. The fourth-order valence-corrected chi connectivity index (χ4v) is 3.50. The Labute approximate surface area is 168 Å². The predicted molar refractivity (Wildman–Crippen MR) is 103 cm³/mol. The van der Waals surface area contributed by atoms with E-state index in [0.29, 0.717) is 56.2 Å². The molecular weight excluding hydrogens is 376 g/mol. The second kappa shape index (κ2) is 8.14. The number of hydrogen-bond donors (Lipinski definition) is 1. The van der Waals surface area contributed by atoms with Crippen molar-refractivity contribution in [1.82, 2.24) is 15.1 Å². The van der Waals surface area contributed by atoms with Crippen LogP contribution in [0.4, 0.5) is 11.5 Å². The van der Waals surface area contributed by atoms with Gasteiger partial charge >= 0.3 is 5.97 Å². The Morgan fingerprint density at radius 1 is 1.10 bits per heavy atom. The number of amides is 1. The molecule has 1 amide bonds. The van der Waals surface area contributed by atoms with E-state index in [2.05, 4.69) is 15.5 Å². The standard InChI is InChI=1S/C20H22N4O5/c1-27-19(26)14-3-2-4-15(13-14)21-17-6-5-16(22-23-17)18(25)24-9-7-20(8-10-24)28-11-12-29-20/h2-6,13H,7-12H2,1H3,(H,21,23). The van der Waals surface area contributed by atoms with Crippen LogP contribution < -0.4 is 5.32 Å². The minimum Gasteiger partial charge on any atom is -0.465 e. The Morgan fingerprint density at radius 2 is 1.86 bits per heavy atom. The lowest BCUT2D eigenvalue weighted by Gasteiger charge is -2.37. The maximum atomic E-state index is 12.7. The molecule has 0 unspecified atom stereocenters. The van der Waals surface area contributed by atoms with Crippen molar-refractivity contribution in [2.24, 2.45) is 0 Å². The van der Waals surface area contributed by atoms with Crippen LogP contribution in [0.25, 0.3) is 0 Å². The molecule has 1 N–H and O–H groups in total. The smallest absolute Gasteiger partial charge is 0.337 e. The van der Waals surface area contributed by atoms with Gasteiger partial charge in [0.1, 0.15) is 0 Å². The number of rotatable bonds is 4. The molecule has 1 aromatic carbocycles. The highest BCUT2D eigenvalue weighted by Crippen LogP contribution is 2.31. The Balaban J connectivity index is 1.38. The van der Waals surface area contributed by atoms with Crippen LogP contribution >= 0.6 is 0 Å². The number of methoxy groups -OCH3 is 1. The molecule has 3 heterocycles. The maximum absolute atomic E-state index is 12.7. The first-order valence-electron chi connectivity index (χ1n) is 9.45. The quantitative estimate of drug-likeness (QED) is 0.780. The van der Waals surface area contributed by atoms with E-state index in [-0.39, 0.29) is 11.6 Å². The average Bonchev–Trinajstić information content (AvgIpc) is 3.22. The minimum atomic E-state index is -0.519. The zero-order chi connectivity index (χ0) is 20.3. The average molecular weight is 398 g/mol. The molecule has 2 aliphatic rings. The number of hydrogen-bond acceptors (Lipinski definition) is 8. The first-order chi connectivity index (χ1) is 14.1. The third kappa shape index (κ3) is 4.20. The molecule has 4 rings (SSSR count). The SMILES string of the molecule is COC(=O)c1cccc(Nc2ccc(C(=O)N3CCC4(CC3)OCCO4)nn2)c1. The van der Waals surface area contributed by atoms with Crippen molar-refractivity contribution >= 4 is 23.4 Å². The van der Waals surface area contributed by atoms with Crippen LogP contribution in [0.1, 0.15) is 33.7 Å².